The number of amides is 1. The molecule has 0 unspecified atom stereocenters. The molecule has 7 heterocycles. The van der Waals surface area contributed by atoms with E-state index in [4.69, 9.17) is 15.6 Å². The molecule has 15 heteroatoms. The van der Waals surface area contributed by atoms with Crippen molar-refractivity contribution < 1.29 is 14.3 Å². The highest BCUT2D eigenvalue weighted by atomic mass is 16.5. The van der Waals surface area contributed by atoms with E-state index >= 15 is 0 Å². The van der Waals surface area contributed by atoms with Gasteiger partial charge in [0.25, 0.3) is 5.91 Å². The number of aromatic amines is 1. The number of rotatable bonds is 11. The lowest BCUT2D eigenvalue weighted by Crippen LogP contribution is -2.48. The number of ketones is 1. The third kappa shape index (κ3) is 6.92. The molecular weight excluding hydrogens is 660 g/mol. The summed E-state index contributed by atoms with van der Waals surface area (Å²) in [6.45, 7) is 8.47. The second-order valence-electron chi connectivity index (χ2n) is 13.3. The normalized spacial score (nSPS) is 15.0. The van der Waals surface area contributed by atoms with Gasteiger partial charge < -0.3 is 25.3 Å². The zero-order chi connectivity index (χ0) is 35.6. The summed E-state index contributed by atoms with van der Waals surface area (Å²) in [6, 6.07) is 10.4. The number of hydrogen-bond donors (Lipinski definition) is 2. The van der Waals surface area contributed by atoms with Crippen LogP contribution in [0.25, 0.3) is 33.3 Å². The van der Waals surface area contributed by atoms with Gasteiger partial charge in [-0.15, -0.1) is 0 Å². The van der Waals surface area contributed by atoms with E-state index in [1.165, 1.54) is 11.9 Å². The van der Waals surface area contributed by atoms with Gasteiger partial charge in [-0.2, -0.15) is 5.10 Å². The summed E-state index contributed by atoms with van der Waals surface area (Å²) in [6.07, 6.45) is 9.59. The molecule has 266 valence electrons. The van der Waals surface area contributed by atoms with Crippen LogP contribution in [0.1, 0.15) is 40.4 Å². The van der Waals surface area contributed by atoms with Crippen LogP contribution in [0.4, 0.5) is 11.8 Å². The van der Waals surface area contributed by atoms with Crippen LogP contribution in [-0.4, -0.2) is 114 Å². The summed E-state index contributed by atoms with van der Waals surface area (Å²) < 4.78 is 7.44. The van der Waals surface area contributed by atoms with Gasteiger partial charge in [0, 0.05) is 88.0 Å². The van der Waals surface area contributed by atoms with Gasteiger partial charge in [-0.05, 0) is 42.2 Å². The van der Waals surface area contributed by atoms with Crippen molar-refractivity contribution in [1.82, 2.24) is 49.5 Å². The predicted octanol–water partition coefficient (Wildman–Crippen LogP) is 3.11. The Morgan fingerprint density at radius 3 is 2.60 bits per heavy atom. The molecule has 3 N–H and O–H groups in total. The molecule has 0 spiro atoms. The van der Waals surface area contributed by atoms with Gasteiger partial charge in [0.05, 0.1) is 30.7 Å². The second kappa shape index (κ2) is 14.4. The highest BCUT2D eigenvalue weighted by Gasteiger charge is 2.25. The molecule has 2 aliphatic rings. The Labute approximate surface area is 299 Å². The Morgan fingerprint density at radius 2 is 1.77 bits per heavy atom. The zero-order valence-corrected chi connectivity index (χ0v) is 29.0. The van der Waals surface area contributed by atoms with Crippen LogP contribution in [0.5, 0.6) is 0 Å². The fourth-order valence-electron chi connectivity index (χ4n) is 6.92. The number of H-pyrrole nitrogens is 1. The molecule has 0 aliphatic carbocycles. The van der Waals surface area contributed by atoms with Gasteiger partial charge in [-0.1, -0.05) is 18.2 Å². The highest BCUT2D eigenvalue weighted by molar-refractivity contribution is 5.99. The zero-order valence-electron chi connectivity index (χ0n) is 29.0. The van der Waals surface area contributed by atoms with Crippen LogP contribution in [0, 0.1) is 0 Å². The minimum atomic E-state index is -0.0731. The number of nitrogen functional groups attached to an aromatic ring is 1. The van der Waals surface area contributed by atoms with Gasteiger partial charge in [-0.25, -0.2) is 29.6 Å². The summed E-state index contributed by atoms with van der Waals surface area (Å²) in [5.74, 6) is 1.08. The summed E-state index contributed by atoms with van der Waals surface area (Å²) in [5.41, 5.74) is 13.2. The molecule has 1 saturated heterocycles. The molecule has 6 aromatic rings. The lowest BCUT2D eigenvalue weighted by atomic mass is 9.97. The van der Waals surface area contributed by atoms with E-state index in [1.807, 2.05) is 27.9 Å². The van der Waals surface area contributed by atoms with E-state index in [0.29, 0.717) is 73.3 Å². The molecule has 5 aromatic heterocycles. The Morgan fingerprint density at radius 1 is 0.923 bits per heavy atom. The molecule has 0 atom stereocenters. The summed E-state index contributed by atoms with van der Waals surface area (Å²) in [5, 5.41) is 6.63. The smallest absolute Gasteiger partial charge is 0.257 e. The lowest BCUT2D eigenvalue weighted by Gasteiger charge is -2.34. The molecule has 0 saturated carbocycles. The molecule has 1 fully saturated rings. The average molecular weight is 701 g/mol. The largest absolute Gasteiger partial charge is 0.383 e. The first-order chi connectivity index (χ1) is 25.4. The number of carbonyl (C=O) groups is 2. The molecule has 0 bridgehead atoms. The van der Waals surface area contributed by atoms with Crippen molar-refractivity contribution in [2.75, 3.05) is 63.1 Å². The van der Waals surface area contributed by atoms with Crippen molar-refractivity contribution >= 4 is 45.5 Å². The number of hydrogen-bond acceptors (Lipinski definition) is 12. The van der Waals surface area contributed by atoms with Crippen molar-refractivity contribution in [3.05, 3.63) is 83.7 Å². The quantitative estimate of drug-likeness (QED) is 0.189. The Bertz CT molecular complexity index is 2240. The van der Waals surface area contributed by atoms with E-state index in [1.54, 1.807) is 25.5 Å². The van der Waals surface area contributed by atoms with Crippen molar-refractivity contribution in [3.63, 3.8) is 0 Å². The van der Waals surface area contributed by atoms with E-state index in [9.17, 15) is 9.59 Å². The number of nitrogens with zero attached hydrogens (tertiary/aromatic N) is 10. The van der Waals surface area contributed by atoms with Crippen LogP contribution in [0.2, 0.25) is 0 Å². The van der Waals surface area contributed by atoms with Gasteiger partial charge in [0.1, 0.15) is 29.3 Å². The number of ether oxygens (including phenoxy) is 1. The van der Waals surface area contributed by atoms with Gasteiger partial charge in [-0.3, -0.25) is 14.5 Å². The number of Topliss-reactive ketones (excluding diaryl/α,β-unsaturated/α-hetero) is 1. The molecule has 8 rings (SSSR count). The molecule has 15 nitrogen and oxygen atoms in total. The molecular formula is C37H40N12O3. The molecule has 1 aromatic carbocycles. The predicted molar refractivity (Wildman–Crippen MR) is 196 cm³/mol. The monoisotopic (exact) mass is 700 g/mol. The van der Waals surface area contributed by atoms with Crippen LogP contribution in [-0.2, 0) is 29.0 Å². The van der Waals surface area contributed by atoms with Crippen LogP contribution in [0.3, 0.4) is 0 Å². The van der Waals surface area contributed by atoms with Crippen molar-refractivity contribution in [2.45, 2.75) is 32.9 Å². The number of piperazine rings is 1. The Hall–Kier alpha value is -5.80. The number of nitrogens with two attached hydrogens (primary N) is 1. The fourth-order valence-corrected chi connectivity index (χ4v) is 6.92. The van der Waals surface area contributed by atoms with E-state index in [2.05, 4.69) is 57.9 Å². The number of pyridine rings is 1. The minimum absolute atomic E-state index is 0.0731. The number of fused-ring (bicyclic) bond motifs is 3. The van der Waals surface area contributed by atoms with Gasteiger partial charge >= 0.3 is 0 Å². The minimum Gasteiger partial charge on any atom is -0.383 e. The van der Waals surface area contributed by atoms with Crippen molar-refractivity contribution in [1.29, 1.82) is 0 Å². The molecule has 2 aliphatic heterocycles. The maximum atomic E-state index is 13.5. The standard InChI is InChI=1S/C37H40N12O3/c1-24(50)6-14-52-15-13-46-9-11-47(12-10-46)37-41-19-30(20-42-37)36(51)48-8-5-26-16-25(2-3-28(26)22-48)21-49-35-31(33(38)43-23-44-35)32(45-49)29-17-27-4-7-39-34(27)40-18-29/h2-4,7,16-20,23H,5-6,8-15,21-22H2,1H3,(H,39,40)(H2,38,43,44). The molecule has 1 amide bonds. The fraction of sp³-hybridized carbons (Fsp3) is 0.351. The topological polar surface area (TPSA) is 177 Å². The first-order valence-corrected chi connectivity index (χ1v) is 17.6. The van der Waals surface area contributed by atoms with Crippen molar-refractivity contribution in [3.8, 4) is 11.3 Å². The molecule has 0 radical (unpaired) electrons. The van der Waals surface area contributed by atoms with Crippen LogP contribution in [0.15, 0.2) is 61.4 Å². The van der Waals surface area contributed by atoms with E-state index in [0.717, 1.165) is 66.9 Å². The van der Waals surface area contributed by atoms with Crippen molar-refractivity contribution in [2.24, 2.45) is 0 Å². The maximum absolute atomic E-state index is 13.5. The lowest BCUT2D eigenvalue weighted by molar-refractivity contribution is -0.118. The van der Waals surface area contributed by atoms with Gasteiger partial charge in [0.2, 0.25) is 5.95 Å². The first-order valence-electron chi connectivity index (χ1n) is 17.6. The number of anilines is 2. The Balaban J connectivity index is 0.893. The van der Waals surface area contributed by atoms with Crippen LogP contribution >= 0.6 is 0 Å². The Kier molecular flexibility index (Phi) is 9.26. The average Bonchev–Trinajstić information content (AvgIpc) is 3.79. The summed E-state index contributed by atoms with van der Waals surface area (Å²) in [4.78, 5) is 56.5. The van der Waals surface area contributed by atoms with Crippen LogP contribution < -0.4 is 10.6 Å². The third-order valence-corrected chi connectivity index (χ3v) is 9.83. The highest BCUT2D eigenvalue weighted by Crippen LogP contribution is 2.32. The second-order valence-corrected chi connectivity index (χ2v) is 13.3. The number of aromatic nitrogens is 8. The van der Waals surface area contributed by atoms with Gasteiger partial charge in [0.15, 0.2) is 5.65 Å². The molecule has 52 heavy (non-hydrogen) atoms. The number of benzene rings is 1. The van der Waals surface area contributed by atoms with E-state index < -0.39 is 0 Å². The number of nitrogens with one attached hydrogen (secondary N) is 1. The number of carbonyl (C=O) groups excluding carboxylic acids is 2. The summed E-state index contributed by atoms with van der Waals surface area (Å²) >= 11 is 0. The SMILES string of the molecule is CC(=O)CCOCCN1CCN(c2ncc(C(=O)N3CCc4cc(Cn5nc(-c6cnc7[nH]ccc7c6)c6c(N)ncnc65)ccc4C3)cn2)CC1. The third-order valence-electron chi connectivity index (χ3n) is 9.83. The first kappa shape index (κ1) is 33.3. The maximum Gasteiger partial charge on any atom is 0.257 e. The van der Waals surface area contributed by atoms with E-state index in [-0.39, 0.29) is 11.7 Å². The summed E-state index contributed by atoms with van der Waals surface area (Å²) in [7, 11) is 0.